The largest absolute Gasteiger partial charge is 0.493 e. The van der Waals surface area contributed by atoms with Crippen LogP contribution in [0.3, 0.4) is 0 Å². The summed E-state index contributed by atoms with van der Waals surface area (Å²) in [6.45, 7) is 7.85. The van der Waals surface area contributed by atoms with Gasteiger partial charge < -0.3 is 14.9 Å². The maximum absolute atomic E-state index is 13.4. The number of benzene rings is 1. The Morgan fingerprint density at radius 3 is 2.51 bits per heavy atom. The first-order chi connectivity index (χ1) is 18.7. The number of hydrogen-bond donors (Lipinski definition) is 2. The van der Waals surface area contributed by atoms with Gasteiger partial charge in [0.15, 0.2) is 5.69 Å². The van der Waals surface area contributed by atoms with Crippen molar-refractivity contribution in [1.82, 2.24) is 8.87 Å². The Morgan fingerprint density at radius 1 is 1.18 bits per heavy atom. The van der Waals surface area contributed by atoms with Gasteiger partial charge in [-0.05, 0) is 31.4 Å². The van der Waals surface area contributed by atoms with Crippen molar-refractivity contribution in [2.75, 3.05) is 32.9 Å². The molecule has 12 heteroatoms. The van der Waals surface area contributed by atoms with Crippen LogP contribution in [-0.4, -0.2) is 60.4 Å². The minimum absolute atomic E-state index is 0.0386. The van der Waals surface area contributed by atoms with Crippen molar-refractivity contribution < 1.29 is 23.4 Å². The number of aliphatic hydroxyl groups is 1. The van der Waals surface area contributed by atoms with Gasteiger partial charge in [0.2, 0.25) is 15.9 Å². The van der Waals surface area contributed by atoms with Gasteiger partial charge in [-0.15, -0.1) is 10.2 Å². The van der Waals surface area contributed by atoms with Gasteiger partial charge in [-0.1, -0.05) is 52.2 Å². The van der Waals surface area contributed by atoms with Crippen molar-refractivity contribution in [3.05, 3.63) is 45.7 Å². The van der Waals surface area contributed by atoms with Crippen molar-refractivity contribution in [2.24, 2.45) is 16.1 Å². The second-order valence-electron chi connectivity index (χ2n) is 9.12. The van der Waals surface area contributed by atoms with E-state index in [9.17, 15) is 23.6 Å². The van der Waals surface area contributed by atoms with Gasteiger partial charge in [0.05, 0.1) is 19.8 Å². The Hall–Kier alpha value is -3.11. The van der Waals surface area contributed by atoms with E-state index in [0.717, 1.165) is 30.3 Å². The fourth-order valence-electron chi connectivity index (χ4n) is 4.18. The molecule has 1 aromatic carbocycles. The van der Waals surface area contributed by atoms with Gasteiger partial charge in [0.25, 0.3) is 5.56 Å². The van der Waals surface area contributed by atoms with E-state index in [4.69, 9.17) is 9.84 Å². The fraction of sp³-hybridized carbons (Fsp3) is 0.556. The highest BCUT2D eigenvalue weighted by Gasteiger charge is 2.26. The van der Waals surface area contributed by atoms with Gasteiger partial charge in [-0.25, -0.2) is 8.42 Å². The molecule has 0 amide bonds. The first-order valence-corrected chi connectivity index (χ1v) is 14.7. The number of aromatic nitrogens is 1. The molecule has 0 aliphatic heterocycles. The summed E-state index contributed by atoms with van der Waals surface area (Å²) >= 11 is 0. The molecular formula is C27H39N5O6S. The van der Waals surface area contributed by atoms with Gasteiger partial charge in [-0.2, -0.15) is 9.57 Å². The van der Waals surface area contributed by atoms with E-state index >= 15 is 0 Å². The Bertz CT molecular complexity index is 1330. The molecule has 1 atom stereocenters. The van der Waals surface area contributed by atoms with Gasteiger partial charge in [0.1, 0.15) is 22.2 Å². The summed E-state index contributed by atoms with van der Waals surface area (Å²) in [5, 5.41) is 37.9. The van der Waals surface area contributed by atoms with Crippen LogP contribution in [0.1, 0.15) is 57.6 Å². The van der Waals surface area contributed by atoms with Gasteiger partial charge >= 0.3 is 0 Å². The second-order valence-corrected chi connectivity index (χ2v) is 11.0. The summed E-state index contributed by atoms with van der Waals surface area (Å²) in [4.78, 5) is 12.9. The third-order valence-electron chi connectivity index (χ3n) is 6.57. The monoisotopic (exact) mass is 561 g/mol. The lowest BCUT2D eigenvalue weighted by Gasteiger charge is -2.21. The van der Waals surface area contributed by atoms with Crippen molar-refractivity contribution in [3.63, 3.8) is 0 Å². The number of pyridine rings is 1. The predicted molar refractivity (Wildman–Crippen MR) is 148 cm³/mol. The van der Waals surface area contributed by atoms with E-state index < -0.39 is 21.5 Å². The highest BCUT2D eigenvalue weighted by Crippen LogP contribution is 2.35. The number of hydrogen-bond acceptors (Lipinski definition) is 9. The fourth-order valence-corrected chi connectivity index (χ4v) is 5.74. The molecule has 1 heterocycles. The summed E-state index contributed by atoms with van der Waals surface area (Å²) in [7, 11) is -3.98. The molecule has 2 aromatic rings. The number of nitrogens with zero attached hydrogens (tertiary/aromatic N) is 5. The van der Waals surface area contributed by atoms with Crippen LogP contribution >= 0.6 is 0 Å². The second kappa shape index (κ2) is 15.5. The lowest BCUT2D eigenvalue weighted by Crippen LogP contribution is -2.34. The van der Waals surface area contributed by atoms with E-state index in [0.29, 0.717) is 0 Å². The number of nitriles is 1. The number of unbranched alkanes of at least 4 members (excludes halogenated alkanes) is 1. The molecule has 0 saturated carbocycles. The molecule has 0 aliphatic rings. The molecule has 2 N–H and O–H groups in total. The van der Waals surface area contributed by atoms with Crippen LogP contribution in [0.25, 0.3) is 0 Å². The number of likely N-dealkylation sites (N-methyl/N-ethyl adjacent to an activating group) is 1. The molecular weight excluding hydrogens is 522 g/mol. The molecule has 0 aliphatic carbocycles. The van der Waals surface area contributed by atoms with Crippen LogP contribution in [0.2, 0.25) is 0 Å². The summed E-state index contributed by atoms with van der Waals surface area (Å²) in [5.74, 6) is -0.286. The normalized spacial score (nSPS) is 12.7. The SMILES string of the molecule is CCCCC(CC)Cn1c(O)c(/N=N/c2ccccc2S(=O)(=O)N(CC)CCOCCO)c(C)c(C#N)c1=O. The minimum Gasteiger partial charge on any atom is -0.493 e. The smallest absolute Gasteiger partial charge is 0.271 e. The summed E-state index contributed by atoms with van der Waals surface area (Å²) in [5.41, 5.74) is -0.595. The molecule has 39 heavy (non-hydrogen) atoms. The van der Waals surface area contributed by atoms with Crippen LogP contribution in [0.15, 0.2) is 44.2 Å². The molecule has 0 radical (unpaired) electrons. The third kappa shape index (κ3) is 7.95. The number of aromatic hydroxyl groups is 1. The van der Waals surface area contributed by atoms with E-state index in [1.54, 1.807) is 19.1 Å². The molecule has 2 rings (SSSR count). The van der Waals surface area contributed by atoms with Crippen LogP contribution in [0.5, 0.6) is 5.88 Å². The first-order valence-electron chi connectivity index (χ1n) is 13.2. The maximum Gasteiger partial charge on any atom is 0.271 e. The van der Waals surface area contributed by atoms with E-state index in [1.807, 2.05) is 13.0 Å². The highest BCUT2D eigenvalue weighted by atomic mass is 32.2. The minimum atomic E-state index is -3.98. The Labute approximate surface area is 230 Å². The zero-order chi connectivity index (χ0) is 29.0. The van der Waals surface area contributed by atoms with Crippen LogP contribution in [0, 0.1) is 24.2 Å². The predicted octanol–water partition coefficient (Wildman–Crippen LogP) is 4.39. The zero-order valence-electron chi connectivity index (χ0n) is 23.1. The maximum atomic E-state index is 13.4. The quantitative estimate of drug-likeness (QED) is 0.227. The van der Waals surface area contributed by atoms with Crippen LogP contribution < -0.4 is 5.56 Å². The van der Waals surface area contributed by atoms with E-state index in [2.05, 4.69) is 17.2 Å². The Balaban J connectivity index is 2.53. The lowest BCUT2D eigenvalue weighted by atomic mass is 9.99. The van der Waals surface area contributed by atoms with Crippen LogP contribution in [-0.2, 0) is 21.3 Å². The standard InChI is InChI=1S/C27H39N5O6S/c1-5-8-11-21(6-2)19-32-26(34)22(18-28)20(4)25(27(32)35)30-29-23-12-9-10-13-24(23)39(36,37)31(7-3)14-16-38-17-15-33/h9-10,12-13,21,33,35H,5-8,11,14-17,19H2,1-4H3/b30-29+. The molecule has 1 unspecified atom stereocenters. The number of rotatable bonds is 16. The summed E-state index contributed by atoms with van der Waals surface area (Å²) < 4.78 is 34.5. The highest BCUT2D eigenvalue weighted by molar-refractivity contribution is 7.89. The summed E-state index contributed by atoms with van der Waals surface area (Å²) in [6, 6.07) is 7.99. The number of aliphatic hydroxyl groups excluding tert-OH is 1. The lowest BCUT2D eigenvalue weighted by molar-refractivity contribution is 0.0860. The van der Waals surface area contributed by atoms with Gasteiger partial charge in [0, 0.05) is 25.2 Å². The Morgan fingerprint density at radius 2 is 1.90 bits per heavy atom. The molecule has 1 aromatic heterocycles. The molecule has 214 valence electrons. The molecule has 0 saturated heterocycles. The Kier molecular flexibility index (Phi) is 12.7. The molecule has 11 nitrogen and oxygen atoms in total. The number of azo groups is 1. The molecule has 0 fully saturated rings. The zero-order valence-corrected chi connectivity index (χ0v) is 23.9. The average Bonchev–Trinajstić information content (AvgIpc) is 2.93. The summed E-state index contributed by atoms with van der Waals surface area (Å²) in [6.07, 6.45) is 3.64. The van der Waals surface area contributed by atoms with Crippen molar-refractivity contribution >= 4 is 21.4 Å². The number of sulfonamides is 1. The first kappa shape index (κ1) is 32.1. The average molecular weight is 562 g/mol. The van der Waals surface area contributed by atoms with E-state index in [1.165, 1.54) is 23.4 Å². The van der Waals surface area contributed by atoms with Crippen molar-refractivity contribution in [1.29, 1.82) is 5.26 Å². The van der Waals surface area contributed by atoms with Crippen molar-refractivity contribution in [3.8, 4) is 11.9 Å². The van der Waals surface area contributed by atoms with Crippen LogP contribution in [0.4, 0.5) is 11.4 Å². The third-order valence-corrected chi connectivity index (χ3v) is 8.59. The van der Waals surface area contributed by atoms with Gasteiger partial charge in [-0.3, -0.25) is 9.36 Å². The molecule has 0 bridgehead atoms. The topological polar surface area (TPSA) is 158 Å². The van der Waals surface area contributed by atoms with E-state index in [-0.39, 0.29) is 72.8 Å². The molecule has 0 spiro atoms. The van der Waals surface area contributed by atoms with Crippen molar-refractivity contribution in [2.45, 2.75) is 64.8 Å². The number of ether oxygens (including phenoxy) is 1.